The molecule has 25 heavy (non-hydrogen) atoms. The number of nitrogens with zero attached hydrogens (tertiary/aromatic N) is 1. The number of rotatable bonds is 3. The van der Waals surface area contributed by atoms with E-state index in [2.05, 4.69) is 5.43 Å². The molecule has 3 nitrogen and oxygen atoms in total. The third kappa shape index (κ3) is 2.51. The highest BCUT2D eigenvalue weighted by molar-refractivity contribution is 5.92. The summed E-state index contributed by atoms with van der Waals surface area (Å²) in [7, 11) is 0. The zero-order valence-electron chi connectivity index (χ0n) is 15.4. The van der Waals surface area contributed by atoms with E-state index in [1.807, 2.05) is 0 Å². The average Bonchev–Trinajstić information content (AvgIpc) is 2.51. The SMILES string of the molecule is O=C(CC12CC3CC(CC(C3)C1)C2)NN=C1C2CC3CC(C2)CC1C3. The number of carbonyl (C=O) groups excluding carboxylic acids is 1. The first kappa shape index (κ1) is 15.2. The van der Waals surface area contributed by atoms with Gasteiger partial charge in [0.15, 0.2) is 0 Å². The third-order valence-corrected chi connectivity index (χ3v) is 8.98. The van der Waals surface area contributed by atoms with E-state index in [1.54, 1.807) is 0 Å². The highest BCUT2D eigenvalue weighted by atomic mass is 16.2. The van der Waals surface area contributed by atoms with Gasteiger partial charge in [-0.3, -0.25) is 4.79 Å². The first-order chi connectivity index (χ1) is 12.1. The van der Waals surface area contributed by atoms with E-state index in [0.29, 0.717) is 17.3 Å². The van der Waals surface area contributed by atoms with E-state index in [9.17, 15) is 4.79 Å². The van der Waals surface area contributed by atoms with Crippen molar-refractivity contribution in [2.45, 2.75) is 77.0 Å². The Morgan fingerprint density at radius 3 is 1.80 bits per heavy atom. The van der Waals surface area contributed by atoms with Gasteiger partial charge in [-0.1, -0.05) is 0 Å². The molecule has 0 heterocycles. The summed E-state index contributed by atoms with van der Waals surface area (Å²) in [5.74, 6) is 6.29. The summed E-state index contributed by atoms with van der Waals surface area (Å²) < 4.78 is 0. The van der Waals surface area contributed by atoms with Crippen LogP contribution in [0.15, 0.2) is 5.10 Å². The molecule has 0 saturated heterocycles. The van der Waals surface area contributed by atoms with Crippen LogP contribution in [0.3, 0.4) is 0 Å². The molecule has 0 unspecified atom stereocenters. The van der Waals surface area contributed by atoms with Crippen molar-refractivity contribution in [3.8, 4) is 0 Å². The number of hydrazone groups is 1. The third-order valence-electron chi connectivity index (χ3n) is 8.98. The molecular weight excluding hydrogens is 308 g/mol. The summed E-state index contributed by atoms with van der Waals surface area (Å²) >= 11 is 0. The second-order valence-electron chi connectivity index (χ2n) is 11.0. The van der Waals surface area contributed by atoms with Crippen molar-refractivity contribution in [3.05, 3.63) is 0 Å². The van der Waals surface area contributed by atoms with E-state index in [4.69, 9.17) is 5.10 Å². The predicted molar refractivity (Wildman–Crippen MR) is 97.8 cm³/mol. The molecule has 8 aliphatic carbocycles. The quantitative estimate of drug-likeness (QED) is 0.754. The van der Waals surface area contributed by atoms with E-state index >= 15 is 0 Å². The standard InChI is InChI=1S/C22H32N2O/c25-20(12-22-9-15-2-16(10-22)4-17(3-15)11-22)23-24-21-18-5-13-1-14(7-18)8-19(21)6-13/h13-19H,1-12H2,(H,23,25). The van der Waals surface area contributed by atoms with Gasteiger partial charge in [0.25, 0.3) is 0 Å². The van der Waals surface area contributed by atoms with Gasteiger partial charge in [-0.15, -0.1) is 0 Å². The van der Waals surface area contributed by atoms with Crippen LogP contribution in [0.2, 0.25) is 0 Å². The Hall–Kier alpha value is -0.860. The second kappa shape index (κ2) is 5.33. The lowest BCUT2D eigenvalue weighted by Crippen LogP contribution is -2.48. The Morgan fingerprint density at radius 2 is 1.28 bits per heavy atom. The minimum atomic E-state index is 0.211. The molecule has 0 aromatic rings. The van der Waals surface area contributed by atoms with Crippen LogP contribution < -0.4 is 5.43 Å². The Balaban J connectivity index is 1.13. The van der Waals surface area contributed by atoms with Gasteiger partial charge in [-0.2, -0.15) is 5.10 Å². The molecule has 8 aliphatic rings. The minimum Gasteiger partial charge on any atom is -0.273 e. The van der Waals surface area contributed by atoms with Gasteiger partial charge >= 0.3 is 0 Å². The number of amides is 1. The van der Waals surface area contributed by atoms with Gasteiger partial charge in [0.05, 0.1) is 0 Å². The minimum absolute atomic E-state index is 0.211. The van der Waals surface area contributed by atoms with Crippen molar-refractivity contribution >= 4 is 11.6 Å². The van der Waals surface area contributed by atoms with E-state index < -0.39 is 0 Å². The molecule has 8 fully saturated rings. The summed E-state index contributed by atoms with van der Waals surface area (Å²) in [5, 5.41) is 4.74. The summed E-state index contributed by atoms with van der Waals surface area (Å²) in [6.07, 6.45) is 15.9. The van der Waals surface area contributed by atoms with Crippen molar-refractivity contribution < 1.29 is 4.79 Å². The number of carbonyl (C=O) groups is 1. The molecule has 0 spiro atoms. The molecule has 1 amide bonds. The Bertz CT molecular complexity index is 556. The van der Waals surface area contributed by atoms with Crippen LogP contribution in [0.25, 0.3) is 0 Å². The van der Waals surface area contributed by atoms with Crippen LogP contribution in [-0.2, 0) is 4.79 Å². The molecule has 0 aliphatic heterocycles. The summed E-state index contributed by atoms with van der Waals surface area (Å²) in [6.45, 7) is 0. The van der Waals surface area contributed by atoms with Crippen molar-refractivity contribution in [1.82, 2.24) is 5.43 Å². The zero-order chi connectivity index (χ0) is 16.6. The van der Waals surface area contributed by atoms with Crippen molar-refractivity contribution in [2.24, 2.45) is 51.9 Å². The molecule has 8 bridgehead atoms. The van der Waals surface area contributed by atoms with Gasteiger partial charge in [-0.25, -0.2) is 5.43 Å². The van der Waals surface area contributed by atoms with Gasteiger partial charge in [-0.05, 0) is 117 Å². The van der Waals surface area contributed by atoms with Crippen LogP contribution in [0.5, 0.6) is 0 Å². The molecule has 8 rings (SSSR count). The fourth-order valence-corrected chi connectivity index (χ4v) is 8.86. The summed E-state index contributed by atoms with van der Waals surface area (Å²) in [6, 6.07) is 0. The molecule has 136 valence electrons. The van der Waals surface area contributed by atoms with Crippen LogP contribution in [0.4, 0.5) is 0 Å². The molecule has 3 heteroatoms. The molecular formula is C22H32N2O. The number of hydrogen-bond acceptors (Lipinski definition) is 2. The first-order valence-corrected chi connectivity index (χ1v) is 11.0. The molecule has 0 atom stereocenters. The van der Waals surface area contributed by atoms with Crippen LogP contribution in [-0.4, -0.2) is 11.6 Å². The number of hydrogen-bond donors (Lipinski definition) is 1. The maximum absolute atomic E-state index is 12.7. The lowest BCUT2D eigenvalue weighted by molar-refractivity contribution is -0.129. The Morgan fingerprint density at radius 1 is 0.800 bits per heavy atom. The van der Waals surface area contributed by atoms with Crippen LogP contribution in [0, 0.1) is 46.8 Å². The maximum Gasteiger partial charge on any atom is 0.240 e. The van der Waals surface area contributed by atoms with Crippen LogP contribution >= 0.6 is 0 Å². The highest BCUT2D eigenvalue weighted by Crippen LogP contribution is 2.61. The first-order valence-electron chi connectivity index (χ1n) is 11.0. The summed E-state index contributed by atoms with van der Waals surface area (Å²) in [4.78, 5) is 12.7. The fourth-order valence-electron chi connectivity index (χ4n) is 8.86. The molecule has 1 N–H and O–H groups in total. The molecule has 0 aromatic carbocycles. The second-order valence-corrected chi connectivity index (χ2v) is 11.0. The largest absolute Gasteiger partial charge is 0.273 e. The smallest absolute Gasteiger partial charge is 0.240 e. The van der Waals surface area contributed by atoms with Crippen molar-refractivity contribution in [3.63, 3.8) is 0 Å². The van der Waals surface area contributed by atoms with Crippen LogP contribution in [0.1, 0.15) is 77.0 Å². The Kier molecular flexibility index (Phi) is 3.24. The maximum atomic E-state index is 12.7. The van der Waals surface area contributed by atoms with Gasteiger partial charge in [0.1, 0.15) is 0 Å². The zero-order valence-corrected chi connectivity index (χ0v) is 15.4. The Labute approximate surface area is 151 Å². The van der Waals surface area contributed by atoms with E-state index in [-0.39, 0.29) is 5.91 Å². The van der Waals surface area contributed by atoms with Gasteiger partial charge < -0.3 is 0 Å². The normalized spacial score (nSPS) is 51.8. The van der Waals surface area contributed by atoms with Crippen molar-refractivity contribution in [2.75, 3.05) is 0 Å². The predicted octanol–water partition coefficient (Wildman–Crippen LogP) is 4.52. The molecule has 0 radical (unpaired) electrons. The van der Waals surface area contributed by atoms with E-state index in [0.717, 1.165) is 36.0 Å². The lowest BCUT2D eigenvalue weighted by atomic mass is 9.49. The fraction of sp³-hybridized carbons (Fsp3) is 0.909. The van der Waals surface area contributed by atoms with E-state index in [1.165, 1.54) is 76.3 Å². The lowest BCUT2D eigenvalue weighted by Gasteiger charge is -2.56. The molecule has 8 saturated carbocycles. The highest BCUT2D eigenvalue weighted by Gasteiger charge is 2.51. The van der Waals surface area contributed by atoms with Gasteiger partial charge in [0.2, 0.25) is 5.91 Å². The average molecular weight is 341 g/mol. The summed E-state index contributed by atoms with van der Waals surface area (Å²) in [5.41, 5.74) is 4.74. The monoisotopic (exact) mass is 340 g/mol. The van der Waals surface area contributed by atoms with Gasteiger partial charge in [0, 0.05) is 12.1 Å². The topological polar surface area (TPSA) is 41.5 Å². The van der Waals surface area contributed by atoms with Crippen molar-refractivity contribution in [1.29, 1.82) is 0 Å². The molecule has 0 aromatic heterocycles. The number of nitrogens with one attached hydrogen (secondary N) is 1.